The van der Waals surface area contributed by atoms with Crippen molar-refractivity contribution in [1.29, 1.82) is 0 Å². The Morgan fingerprint density at radius 3 is 1.44 bits per heavy atom. The molecular weight excluding hydrogens is 1900 g/mol. The number of nitrogens with zero attached hydrogens (tertiary/aromatic N) is 1. The molecule has 0 saturated carbocycles. The molecule has 4 aromatic carbocycles. The average molecular weight is 2030 g/mol. The van der Waals surface area contributed by atoms with Crippen LogP contribution in [-0.2, 0) is 130 Å². The van der Waals surface area contributed by atoms with E-state index in [9.17, 15) is 121 Å². The molecule has 4 aromatic rings. The molecule has 0 aromatic heterocycles. The van der Waals surface area contributed by atoms with Crippen LogP contribution in [0.15, 0.2) is 97.1 Å². The third-order valence-corrected chi connectivity index (χ3v) is 26.0. The number of hydrogen-bond acceptors (Lipinski definition) is 29. The number of rotatable bonds is 22. The van der Waals surface area contributed by atoms with E-state index in [0.29, 0.717) is 33.7 Å². The van der Waals surface area contributed by atoms with Crippen molar-refractivity contribution < 1.29 is 136 Å². The van der Waals surface area contributed by atoms with Gasteiger partial charge in [0.25, 0.3) is 0 Å². The summed E-state index contributed by atoms with van der Waals surface area (Å²) in [6.45, 7) is 8.18. The first-order valence-corrected chi connectivity index (χ1v) is 48.9. The van der Waals surface area contributed by atoms with Gasteiger partial charge in [0.05, 0.1) is 66.5 Å². The Morgan fingerprint density at radius 2 is 0.901 bits per heavy atom. The summed E-state index contributed by atoms with van der Waals surface area (Å²) in [5.41, 5.74) is 17.1. The van der Waals surface area contributed by atoms with Gasteiger partial charge in [0, 0.05) is 101 Å². The smallest absolute Gasteiger partial charge is 0.305 e. The normalized spacial score (nSPS) is 24.9. The fraction of sp³-hybridized carbons (Fsp3) is 0.516. The lowest BCUT2D eigenvalue weighted by Gasteiger charge is -2.32. The number of primary amides is 2. The molecule has 768 valence electrons. The SMILES string of the molecule is C[C@H](N)C(=O)C[C@H]1CSCC(=O)NCCN2CCCC(=O)CSC[C@@H](C(N)=O)CC(=O)[C@H](C(C)(C)C)NC(=O)[C@H](CC(=O)O)NC(=O)[C@H](Cc3ccc(O)cc3)NC(=O)[C@H](Cc3ccccc3)NC(=O)[C@H](CC(=O)O)NC(=O)[C@H](CCC(=O)O)NC(=O)[C@@H](CSCC(=O)NCC2)NC(=O)[C@@H](C)NC(=O)[C@H](Cc2cccc3ccccc23)CC(=O)[C@H](CCC(=O)O)NC(=O)[C@H](CC(N)=O)NC(=O)[C@@H](C)NC1=O. The number of Topliss-reactive ketones (excluding diaryl/α,β-unsaturated/α-hetero) is 4. The van der Waals surface area contributed by atoms with E-state index in [1.54, 1.807) is 53.4 Å². The van der Waals surface area contributed by atoms with Crippen molar-refractivity contribution in [2.75, 3.05) is 67.2 Å². The third kappa shape index (κ3) is 41.5. The van der Waals surface area contributed by atoms with Crippen LogP contribution in [0.5, 0.6) is 5.75 Å². The summed E-state index contributed by atoms with van der Waals surface area (Å²) in [7, 11) is 0. The van der Waals surface area contributed by atoms with Crippen molar-refractivity contribution in [1.82, 2.24) is 74.0 Å². The molecule has 24 N–H and O–H groups in total. The zero-order valence-electron chi connectivity index (χ0n) is 78.8. The number of carbonyl (C=O) groups is 23. The minimum Gasteiger partial charge on any atom is -0.508 e. The van der Waals surface area contributed by atoms with Gasteiger partial charge in [0.15, 0.2) is 11.6 Å². The van der Waals surface area contributed by atoms with E-state index in [0.717, 1.165) is 30.4 Å². The van der Waals surface area contributed by atoms with Gasteiger partial charge < -0.3 is 112 Å². The number of aliphatic carboxylic acids is 4. The fourth-order valence-electron chi connectivity index (χ4n) is 14.9. The summed E-state index contributed by atoms with van der Waals surface area (Å²) in [6.07, 6.45) is -10.0. The Hall–Kier alpha value is -13.5. The van der Waals surface area contributed by atoms with Crippen molar-refractivity contribution in [3.05, 3.63) is 114 Å². The topological polar surface area (TPSA) is 731 Å². The maximum atomic E-state index is 15.1. The number of ketones is 4. The van der Waals surface area contributed by atoms with Crippen LogP contribution in [0.1, 0.15) is 135 Å². The average Bonchev–Trinajstić information content (AvgIpc) is 0.831. The van der Waals surface area contributed by atoms with Gasteiger partial charge in [-0.3, -0.25) is 115 Å². The van der Waals surface area contributed by atoms with Crippen LogP contribution in [0.4, 0.5) is 0 Å². The van der Waals surface area contributed by atoms with Gasteiger partial charge in [-0.1, -0.05) is 106 Å². The number of carboxylic acids is 4. The Morgan fingerprint density at radius 1 is 0.440 bits per heavy atom. The van der Waals surface area contributed by atoms with E-state index in [1.807, 2.05) is 0 Å². The molecule has 0 aliphatic carbocycles. The number of carbonyl (C=O) groups excluding carboxylic acids is 19. The standard InChI is InChI=1S/C93H125N17O28S3/c1-49(94)70(113)39-58-44-140-47-74(117)97-29-32-110-31-13-19-60(112)45-139-43-57(81(96)127)38-72(115)80(93(4,5)6)109-91(137)68(42-79(125)126)107-88(134)65(35-53-21-23-59(111)24-22-53)104-87(133)64(34-52-14-8-7-9-15-52)105-90(136)67(41-78(123)124)106-86(132)63(26-28-77(121)122)102-92(138)69(46-141-48-75(118)98-30-33-110)108-83(129)51(3)99-84(130)56(36-55-18-12-17-54-16-10-11-20-61(54)55)37-71(114)62(25-27-76(119)120)101-89(135)66(40-73(95)116)103-82(128)50(2)100-85(58)131/h7-12,14-18,20-24,49-51,56-58,62-69,80,111H,13,19,25-48,94H2,1-6H3,(H2,95,116)(H2,96,127)(H,97,117)(H,98,118)(H,99,130)(H,100,131)(H,101,135)(H,102,138)(H,103,128)(H,104,133)(H,105,136)(H,106,132)(H,107,134)(H,108,129)(H,109,137)(H,119,120)(H,121,122)(H,123,124)(H,125,126)/t49-,50+,51+,56+,57-,58-,62-,63-,64-,65-,66-,67-,68-,69+,80+/m0/s1. The molecule has 2 fully saturated rings. The Labute approximate surface area is 824 Å². The molecule has 2 saturated heterocycles. The van der Waals surface area contributed by atoms with Crippen molar-refractivity contribution in [2.45, 2.75) is 210 Å². The first-order chi connectivity index (χ1) is 66.5. The summed E-state index contributed by atoms with van der Waals surface area (Å²) < 4.78 is 0. The van der Waals surface area contributed by atoms with Crippen molar-refractivity contribution in [3.63, 3.8) is 0 Å². The van der Waals surface area contributed by atoms with Gasteiger partial charge >= 0.3 is 23.9 Å². The third-order valence-electron chi connectivity index (χ3n) is 22.7. The number of hydrogen-bond donors (Lipinski definition) is 21. The van der Waals surface area contributed by atoms with Crippen LogP contribution in [0.2, 0.25) is 0 Å². The van der Waals surface area contributed by atoms with E-state index in [4.69, 9.17) is 17.2 Å². The van der Waals surface area contributed by atoms with E-state index >= 15 is 14.4 Å². The zero-order chi connectivity index (χ0) is 104. The highest BCUT2D eigenvalue weighted by molar-refractivity contribution is 8.00. The van der Waals surface area contributed by atoms with E-state index in [-0.39, 0.29) is 92.1 Å². The number of thioether (sulfide) groups is 3. The second-order valence-corrected chi connectivity index (χ2v) is 38.5. The summed E-state index contributed by atoms with van der Waals surface area (Å²) in [4.78, 5) is 324. The van der Waals surface area contributed by atoms with Crippen LogP contribution in [0.3, 0.4) is 0 Å². The summed E-state index contributed by atoms with van der Waals surface area (Å²) in [5.74, 6) is -32.7. The molecule has 48 heteroatoms. The van der Waals surface area contributed by atoms with Gasteiger partial charge in [0.1, 0.15) is 71.7 Å². The second kappa shape index (κ2) is 57.9. The first kappa shape index (κ1) is 116. The number of fused-ring (bicyclic) bond motifs is 9. The lowest BCUT2D eigenvalue weighted by Crippen LogP contribution is -2.61. The number of carboxylic acid groups (broad SMARTS) is 4. The monoisotopic (exact) mass is 2020 g/mol. The fourth-order valence-corrected chi connectivity index (χ4v) is 17.8. The number of amides is 15. The highest BCUT2D eigenvalue weighted by Crippen LogP contribution is 2.28. The Kier molecular flexibility index (Phi) is 47.7. The quantitative estimate of drug-likeness (QED) is 0.0378. The lowest BCUT2D eigenvalue weighted by molar-refractivity contribution is -0.142. The second-order valence-electron chi connectivity index (χ2n) is 35.4. The zero-order valence-corrected chi connectivity index (χ0v) is 81.3. The molecule has 2 bridgehead atoms. The highest BCUT2D eigenvalue weighted by atomic mass is 32.2. The van der Waals surface area contributed by atoms with E-state index in [2.05, 4.69) is 69.1 Å². The van der Waals surface area contributed by atoms with Gasteiger partial charge in [-0.15, -0.1) is 11.8 Å². The van der Waals surface area contributed by atoms with Gasteiger partial charge in [-0.05, 0) is 98.0 Å². The van der Waals surface area contributed by atoms with Gasteiger partial charge in [0.2, 0.25) is 88.6 Å². The molecule has 1 unspecified atom stereocenters. The number of aromatic hydroxyl groups is 1. The predicted octanol–water partition coefficient (Wildman–Crippen LogP) is -2.78. The molecule has 2 heterocycles. The van der Waals surface area contributed by atoms with E-state index < -0.39 is 314 Å². The summed E-state index contributed by atoms with van der Waals surface area (Å²) >= 11 is 2.55. The van der Waals surface area contributed by atoms with Crippen LogP contribution >= 0.6 is 35.3 Å². The number of phenols is 1. The molecule has 2 aliphatic rings. The van der Waals surface area contributed by atoms with Gasteiger partial charge in [-0.2, -0.15) is 23.5 Å². The first-order valence-electron chi connectivity index (χ1n) is 45.5. The number of nitrogens with two attached hydrogens (primary N) is 3. The minimum atomic E-state index is -2.26. The molecule has 16 atom stereocenters. The molecule has 141 heavy (non-hydrogen) atoms. The molecule has 15 amide bonds. The van der Waals surface area contributed by atoms with Crippen LogP contribution in [-0.4, -0.2) is 306 Å². The maximum absolute atomic E-state index is 15.1. The number of nitrogens with one attached hydrogen (secondary N) is 13. The molecule has 6 rings (SSSR count). The minimum absolute atomic E-state index is 0.0108. The molecular formula is C93H125N17O28S3. The van der Waals surface area contributed by atoms with Crippen molar-refractivity contribution >= 4 is 182 Å². The summed E-state index contributed by atoms with van der Waals surface area (Å²) in [5, 5.41) is 84.0. The lowest BCUT2D eigenvalue weighted by atomic mass is 9.81. The molecule has 0 spiro atoms. The van der Waals surface area contributed by atoms with Crippen LogP contribution in [0.25, 0.3) is 10.8 Å². The Bertz CT molecular complexity index is 5180. The maximum Gasteiger partial charge on any atom is 0.305 e. The van der Waals surface area contributed by atoms with E-state index in [1.165, 1.54) is 83.1 Å². The highest BCUT2D eigenvalue weighted by Gasteiger charge is 2.42. The van der Waals surface area contributed by atoms with Crippen molar-refractivity contribution in [3.8, 4) is 5.75 Å². The molecule has 2 aliphatic heterocycles. The van der Waals surface area contributed by atoms with Crippen LogP contribution < -0.4 is 86.3 Å². The number of benzene rings is 4. The molecule has 45 nitrogen and oxygen atoms in total. The summed E-state index contributed by atoms with van der Waals surface area (Å²) in [6, 6.07) is 2.74. The van der Waals surface area contributed by atoms with Crippen molar-refractivity contribution in [2.24, 2.45) is 40.4 Å². The predicted molar refractivity (Wildman–Crippen MR) is 515 cm³/mol. The largest absolute Gasteiger partial charge is 0.508 e. The number of phenolic OH excluding ortho intramolecular Hbond substituents is 1. The van der Waals surface area contributed by atoms with Crippen LogP contribution in [0, 0.1) is 23.2 Å². The Balaban J connectivity index is 1.49. The molecule has 0 radical (unpaired) electrons. The van der Waals surface area contributed by atoms with Gasteiger partial charge in [-0.25, -0.2) is 0 Å².